The van der Waals surface area contributed by atoms with E-state index >= 15 is 0 Å². The van der Waals surface area contributed by atoms with Gasteiger partial charge in [-0.2, -0.15) is 0 Å². The first kappa shape index (κ1) is 12.3. The third-order valence-corrected chi connectivity index (χ3v) is 2.88. The first-order valence-corrected chi connectivity index (χ1v) is 6.37. The van der Waals surface area contributed by atoms with E-state index in [2.05, 4.69) is 36.4 Å². The molecule has 1 aliphatic rings. The molecule has 2 heteroatoms. The van der Waals surface area contributed by atoms with Gasteiger partial charge in [-0.15, -0.1) is 0 Å². The van der Waals surface area contributed by atoms with Crippen LogP contribution in [0.1, 0.15) is 24.8 Å². The molecule has 0 amide bonds. The molecule has 0 aromatic heterocycles. The third kappa shape index (κ3) is 4.72. The molecule has 1 atom stereocenters. The summed E-state index contributed by atoms with van der Waals surface area (Å²) in [7, 11) is 0. The zero-order chi connectivity index (χ0) is 11.8. The first-order valence-electron chi connectivity index (χ1n) is 6.37. The Labute approximate surface area is 103 Å². The van der Waals surface area contributed by atoms with Gasteiger partial charge in [-0.1, -0.05) is 42.5 Å². The summed E-state index contributed by atoms with van der Waals surface area (Å²) in [5.41, 5.74) is 1.33. The molecule has 1 fully saturated rings. The van der Waals surface area contributed by atoms with Gasteiger partial charge in [0.15, 0.2) is 6.29 Å². The highest BCUT2D eigenvalue weighted by atomic mass is 16.7. The first-order chi connectivity index (χ1) is 8.45. The molecule has 17 heavy (non-hydrogen) atoms. The fourth-order valence-electron chi connectivity index (χ4n) is 1.91. The van der Waals surface area contributed by atoms with Crippen molar-refractivity contribution in [1.82, 2.24) is 0 Å². The fourth-order valence-corrected chi connectivity index (χ4v) is 1.91. The van der Waals surface area contributed by atoms with Crippen LogP contribution in [0, 0.1) is 0 Å². The van der Waals surface area contributed by atoms with Crippen LogP contribution in [-0.4, -0.2) is 19.5 Å². The minimum atomic E-state index is 0.0186. The Hall–Kier alpha value is -1.12. The van der Waals surface area contributed by atoms with E-state index < -0.39 is 0 Å². The maximum absolute atomic E-state index is 5.61. The molecular formula is C15H20O2. The predicted octanol–water partition coefficient (Wildman–Crippen LogP) is 3.33. The lowest BCUT2D eigenvalue weighted by molar-refractivity contribution is -0.155. The Kier molecular flexibility index (Phi) is 5.27. The maximum Gasteiger partial charge on any atom is 0.157 e. The van der Waals surface area contributed by atoms with E-state index in [1.165, 1.54) is 18.4 Å². The zero-order valence-electron chi connectivity index (χ0n) is 10.2. The summed E-state index contributed by atoms with van der Waals surface area (Å²) in [6, 6.07) is 10.4. The number of hydrogen-bond acceptors (Lipinski definition) is 2. The van der Waals surface area contributed by atoms with Crippen molar-refractivity contribution < 1.29 is 9.47 Å². The van der Waals surface area contributed by atoms with Gasteiger partial charge in [0, 0.05) is 6.61 Å². The Balaban J connectivity index is 1.61. The Morgan fingerprint density at radius 2 is 2.06 bits per heavy atom. The van der Waals surface area contributed by atoms with Crippen LogP contribution in [0.25, 0.3) is 0 Å². The summed E-state index contributed by atoms with van der Waals surface area (Å²) in [6.07, 6.45) is 8.64. The summed E-state index contributed by atoms with van der Waals surface area (Å²) in [5, 5.41) is 0. The van der Waals surface area contributed by atoms with E-state index in [1.807, 2.05) is 6.07 Å². The number of ether oxygens (including phenoxy) is 2. The molecule has 0 saturated carbocycles. The lowest BCUT2D eigenvalue weighted by Gasteiger charge is -2.21. The van der Waals surface area contributed by atoms with Gasteiger partial charge >= 0.3 is 0 Å². The van der Waals surface area contributed by atoms with Gasteiger partial charge in [0.05, 0.1) is 6.61 Å². The molecule has 2 nitrogen and oxygen atoms in total. The van der Waals surface area contributed by atoms with Crippen molar-refractivity contribution in [2.45, 2.75) is 32.0 Å². The van der Waals surface area contributed by atoms with Crippen LogP contribution in [0.2, 0.25) is 0 Å². The van der Waals surface area contributed by atoms with Crippen LogP contribution in [0.3, 0.4) is 0 Å². The van der Waals surface area contributed by atoms with E-state index in [0.717, 1.165) is 19.4 Å². The number of hydrogen-bond donors (Lipinski definition) is 0. The molecule has 0 N–H and O–H groups in total. The molecule has 0 radical (unpaired) electrons. The molecular weight excluding hydrogens is 212 g/mol. The normalized spacial score (nSPS) is 20.8. The van der Waals surface area contributed by atoms with E-state index in [9.17, 15) is 0 Å². The summed E-state index contributed by atoms with van der Waals surface area (Å²) in [5.74, 6) is 0. The highest BCUT2D eigenvalue weighted by Gasteiger charge is 2.12. The fraction of sp³-hybridized carbons (Fsp3) is 0.467. The van der Waals surface area contributed by atoms with Crippen molar-refractivity contribution in [2.75, 3.05) is 13.2 Å². The second-order valence-corrected chi connectivity index (χ2v) is 4.29. The Morgan fingerprint density at radius 3 is 2.82 bits per heavy atom. The van der Waals surface area contributed by atoms with Crippen molar-refractivity contribution in [1.29, 1.82) is 0 Å². The smallest absolute Gasteiger partial charge is 0.157 e. The Morgan fingerprint density at radius 1 is 1.18 bits per heavy atom. The number of benzene rings is 1. The SMILES string of the molecule is C(=C\Cc1ccccc1)/COC1CCCCO1. The maximum atomic E-state index is 5.61. The minimum Gasteiger partial charge on any atom is -0.353 e. The molecule has 1 heterocycles. The topological polar surface area (TPSA) is 18.5 Å². The number of rotatable bonds is 5. The molecule has 1 aromatic rings. The van der Waals surface area contributed by atoms with Crippen molar-refractivity contribution >= 4 is 0 Å². The molecule has 0 bridgehead atoms. The third-order valence-electron chi connectivity index (χ3n) is 2.88. The monoisotopic (exact) mass is 232 g/mol. The summed E-state index contributed by atoms with van der Waals surface area (Å²) >= 11 is 0. The average molecular weight is 232 g/mol. The average Bonchev–Trinajstić information content (AvgIpc) is 2.41. The van der Waals surface area contributed by atoms with Crippen LogP contribution in [-0.2, 0) is 15.9 Å². The van der Waals surface area contributed by atoms with Crippen molar-refractivity contribution in [2.24, 2.45) is 0 Å². The van der Waals surface area contributed by atoms with Crippen LogP contribution in [0.5, 0.6) is 0 Å². The van der Waals surface area contributed by atoms with Crippen LogP contribution < -0.4 is 0 Å². The van der Waals surface area contributed by atoms with Gasteiger partial charge in [0.25, 0.3) is 0 Å². The molecule has 0 spiro atoms. The minimum absolute atomic E-state index is 0.0186. The van der Waals surface area contributed by atoms with Crippen molar-refractivity contribution in [3.8, 4) is 0 Å². The molecule has 1 unspecified atom stereocenters. The lowest BCUT2D eigenvalue weighted by Crippen LogP contribution is -2.22. The van der Waals surface area contributed by atoms with E-state index in [-0.39, 0.29) is 6.29 Å². The summed E-state index contributed by atoms with van der Waals surface area (Å²) in [6.45, 7) is 1.50. The van der Waals surface area contributed by atoms with Gasteiger partial charge in [-0.3, -0.25) is 0 Å². The quantitative estimate of drug-likeness (QED) is 0.725. The highest BCUT2D eigenvalue weighted by Crippen LogP contribution is 2.13. The second kappa shape index (κ2) is 7.25. The van der Waals surface area contributed by atoms with Gasteiger partial charge < -0.3 is 9.47 Å². The van der Waals surface area contributed by atoms with Crippen LogP contribution in [0.4, 0.5) is 0 Å². The molecule has 1 saturated heterocycles. The summed E-state index contributed by atoms with van der Waals surface area (Å²) < 4.78 is 11.1. The van der Waals surface area contributed by atoms with Gasteiger partial charge in [-0.05, 0) is 31.2 Å². The van der Waals surface area contributed by atoms with E-state index in [4.69, 9.17) is 9.47 Å². The molecule has 0 aliphatic carbocycles. The molecule has 1 aromatic carbocycles. The predicted molar refractivity (Wildman–Crippen MR) is 68.8 cm³/mol. The van der Waals surface area contributed by atoms with E-state index in [1.54, 1.807) is 0 Å². The molecule has 92 valence electrons. The zero-order valence-corrected chi connectivity index (χ0v) is 10.2. The van der Waals surface area contributed by atoms with Crippen molar-refractivity contribution in [3.63, 3.8) is 0 Å². The van der Waals surface area contributed by atoms with Crippen LogP contribution >= 0.6 is 0 Å². The van der Waals surface area contributed by atoms with Crippen LogP contribution in [0.15, 0.2) is 42.5 Å². The summed E-state index contributed by atoms with van der Waals surface area (Å²) in [4.78, 5) is 0. The highest BCUT2D eigenvalue weighted by molar-refractivity contribution is 5.17. The van der Waals surface area contributed by atoms with Gasteiger partial charge in [0.2, 0.25) is 0 Å². The van der Waals surface area contributed by atoms with E-state index in [0.29, 0.717) is 6.61 Å². The molecule has 2 rings (SSSR count). The van der Waals surface area contributed by atoms with Gasteiger partial charge in [-0.25, -0.2) is 0 Å². The Bertz CT molecular complexity index is 326. The van der Waals surface area contributed by atoms with Crippen molar-refractivity contribution in [3.05, 3.63) is 48.0 Å². The molecule has 1 aliphatic heterocycles. The largest absolute Gasteiger partial charge is 0.353 e. The standard InChI is InChI=1S/C15H20O2/c1-2-8-14(9-3-1)10-4-6-12-16-15-11-5-7-13-17-15/h1-4,6,8-9,15H,5,7,10-13H2/b6-4+. The second-order valence-electron chi connectivity index (χ2n) is 4.29. The van der Waals surface area contributed by atoms with Gasteiger partial charge in [0.1, 0.15) is 0 Å². The lowest BCUT2D eigenvalue weighted by atomic mass is 10.1. The number of allylic oxidation sites excluding steroid dienone is 1.